The standard InChI is InChI=1S/C11H9NO4S/c1-15-8-4-2-3-7(10(13)14)9(8)16-11-12-5-6-17-11/h2-6H,1H3,(H,13,14). The van der Waals surface area contributed by atoms with Crippen molar-refractivity contribution < 1.29 is 19.4 Å². The molecule has 0 bridgehead atoms. The van der Waals surface area contributed by atoms with E-state index in [0.29, 0.717) is 10.9 Å². The van der Waals surface area contributed by atoms with Crippen LogP contribution in [-0.2, 0) is 0 Å². The van der Waals surface area contributed by atoms with Crippen molar-refractivity contribution >= 4 is 17.3 Å². The SMILES string of the molecule is COc1cccc(C(=O)O)c1Oc1nccs1. The van der Waals surface area contributed by atoms with Gasteiger partial charge in [-0.25, -0.2) is 9.78 Å². The number of para-hydroxylation sites is 1. The van der Waals surface area contributed by atoms with Gasteiger partial charge in [-0.1, -0.05) is 17.4 Å². The summed E-state index contributed by atoms with van der Waals surface area (Å²) in [5, 5.41) is 11.2. The molecule has 0 radical (unpaired) electrons. The summed E-state index contributed by atoms with van der Waals surface area (Å²) in [4.78, 5) is 15.0. The van der Waals surface area contributed by atoms with Crippen molar-refractivity contribution in [3.63, 3.8) is 0 Å². The third kappa shape index (κ3) is 2.36. The van der Waals surface area contributed by atoms with E-state index in [9.17, 15) is 4.79 Å². The Labute approximate surface area is 101 Å². The average molecular weight is 251 g/mol. The van der Waals surface area contributed by atoms with Crippen LogP contribution in [-0.4, -0.2) is 23.2 Å². The molecule has 1 aromatic carbocycles. The van der Waals surface area contributed by atoms with Gasteiger partial charge in [0, 0.05) is 11.6 Å². The highest BCUT2D eigenvalue weighted by atomic mass is 32.1. The van der Waals surface area contributed by atoms with Gasteiger partial charge in [0.15, 0.2) is 11.5 Å². The molecule has 2 aromatic rings. The van der Waals surface area contributed by atoms with E-state index in [-0.39, 0.29) is 11.3 Å². The monoisotopic (exact) mass is 251 g/mol. The van der Waals surface area contributed by atoms with Gasteiger partial charge in [-0.05, 0) is 12.1 Å². The molecule has 0 fully saturated rings. The number of carbonyl (C=O) groups is 1. The number of carboxylic acid groups (broad SMARTS) is 1. The van der Waals surface area contributed by atoms with Crippen molar-refractivity contribution in [1.29, 1.82) is 0 Å². The first-order chi connectivity index (χ1) is 8.22. The van der Waals surface area contributed by atoms with E-state index in [4.69, 9.17) is 14.6 Å². The minimum atomic E-state index is -1.07. The summed E-state index contributed by atoms with van der Waals surface area (Å²) >= 11 is 1.28. The fourth-order valence-electron chi connectivity index (χ4n) is 1.30. The van der Waals surface area contributed by atoms with E-state index in [1.54, 1.807) is 23.7 Å². The molecule has 1 aromatic heterocycles. The van der Waals surface area contributed by atoms with Crippen molar-refractivity contribution in [3.8, 4) is 16.7 Å². The first-order valence-corrected chi connectivity index (χ1v) is 5.58. The van der Waals surface area contributed by atoms with E-state index >= 15 is 0 Å². The predicted octanol–water partition coefficient (Wildman–Crippen LogP) is 2.64. The summed E-state index contributed by atoms with van der Waals surface area (Å²) in [5.74, 6) is -0.548. The molecule has 88 valence electrons. The lowest BCUT2D eigenvalue weighted by molar-refractivity contribution is 0.0693. The highest BCUT2D eigenvalue weighted by Crippen LogP contribution is 2.35. The third-order valence-electron chi connectivity index (χ3n) is 2.03. The van der Waals surface area contributed by atoms with Crippen LogP contribution in [0.2, 0.25) is 0 Å². The van der Waals surface area contributed by atoms with Crippen LogP contribution in [0.15, 0.2) is 29.8 Å². The Bertz CT molecular complexity index is 524. The Morgan fingerprint density at radius 3 is 2.88 bits per heavy atom. The summed E-state index contributed by atoms with van der Waals surface area (Å²) in [7, 11) is 1.45. The van der Waals surface area contributed by atoms with E-state index in [0.717, 1.165) is 0 Å². The van der Waals surface area contributed by atoms with Gasteiger partial charge < -0.3 is 14.6 Å². The summed E-state index contributed by atoms with van der Waals surface area (Å²) in [6, 6.07) is 4.68. The number of aromatic nitrogens is 1. The van der Waals surface area contributed by atoms with Gasteiger partial charge in [-0.2, -0.15) is 0 Å². The largest absolute Gasteiger partial charge is 0.493 e. The van der Waals surface area contributed by atoms with Gasteiger partial charge >= 0.3 is 5.97 Å². The minimum absolute atomic E-state index is 0.0413. The van der Waals surface area contributed by atoms with Crippen LogP contribution >= 0.6 is 11.3 Å². The topological polar surface area (TPSA) is 68.7 Å². The van der Waals surface area contributed by atoms with Crippen molar-refractivity contribution in [2.24, 2.45) is 0 Å². The number of aromatic carboxylic acids is 1. The van der Waals surface area contributed by atoms with Gasteiger partial charge in [-0.15, -0.1) is 0 Å². The highest BCUT2D eigenvalue weighted by molar-refractivity contribution is 7.11. The van der Waals surface area contributed by atoms with Gasteiger partial charge in [0.2, 0.25) is 0 Å². The average Bonchev–Trinajstić information content (AvgIpc) is 2.82. The van der Waals surface area contributed by atoms with E-state index < -0.39 is 5.97 Å². The second-order valence-electron chi connectivity index (χ2n) is 3.04. The molecule has 0 atom stereocenters. The van der Waals surface area contributed by atoms with Crippen LogP contribution in [0.1, 0.15) is 10.4 Å². The smallest absolute Gasteiger partial charge is 0.339 e. The molecule has 17 heavy (non-hydrogen) atoms. The number of nitrogens with zero attached hydrogens (tertiary/aromatic N) is 1. The lowest BCUT2D eigenvalue weighted by Crippen LogP contribution is -2.01. The molecule has 0 aliphatic carbocycles. The van der Waals surface area contributed by atoms with Crippen molar-refractivity contribution in [2.75, 3.05) is 7.11 Å². The molecule has 1 N–H and O–H groups in total. The molecule has 5 nitrogen and oxygen atoms in total. The first kappa shape index (κ1) is 11.4. The first-order valence-electron chi connectivity index (χ1n) is 4.70. The Morgan fingerprint density at radius 2 is 2.29 bits per heavy atom. The molecule has 0 amide bonds. The van der Waals surface area contributed by atoms with Crippen molar-refractivity contribution in [3.05, 3.63) is 35.3 Å². The fourth-order valence-corrected chi connectivity index (χ4v) is 1.79. The van der Waals surface area contributed by atoms with Crippen molar-refractivity contribution in [2.45, 2.75) is 0 Å². The number of hydrogen-bond acceptors (Lipinski definition) is 5. The summed E-state index contributed by atoms with van der Waals surface area (Å²) in [6.45, 7) is 0. The number of ether oxygens (including phenoxy) is 2. The van der Waals surface area contributed by atoms with Gasteiger partial charge in [0.25, 0.3) is 5.19 Å². The Balaban J connectivity index is 2.45. The zero-order valence-electron chi connectivity index (χ0n) is 8.91. The molecule has 0 saturated heterocycles. The molecule has 0 spiro atoms. The molecule has 0 aliphatic rings. The van der Waals surface area contributed by atoms with Crippen LogP contribution in [0, 0.1) is 0 Å². The number of thiazole rings is 1. The van der Waals surface area contributed by atoms with E-state index in [1.165, 1.54) is 24.5 Å². The maximum Gasteiger partial charge on any atom is 0.339 e. The van der Waals surface area contributed by atoms with Crippen molar-refractivity contribution in [1.82, 2.24) is 4.98 Å². The molecular weight excluding hydrogens is 242 g/mol. The zero-order valence-corrected chi connectivity index (χ0v) is 9.73. The van der Waals surface area contributed by atoms with Crippen LogP contribution in [0.4, 0.5) is 0 Å². The molecule has 0 unspecified atom stereocenters. The number of benzene rings is 1. The van der Waals surface area contributed by atoms with Crippen LogP contribution in [0.3, 0.4) is 0 Å². The van der Waals surface area contributed by atoms with Gasteiger partial charge in [0.05, 0.1) is 7.11 Å². The maximum atomic E-state index is 11.1. The molecular formula is C11H9NO4S. The quantitative estimate of drug-likeness (QED) is 0.904. The summed E-state index contributed by atoms with van der Waals surface area (Å²) < 4.78 is 10.5. The maximum absolute atomic E-state index is 11.1. The van der Waals surface area contributed by atoms with Crippen LogP contribution in [0.5, 0.6) is 16.7 Å². The number of methoxy groups -OCH3 is 1. The van der Waals surface area contributed by atoms with Crippen LogP contribution in [0.25, 0.3) is 0 Å². The lowest BCUT2D eigenvalue weighted by Gasteiger charge is -2.10. The number of rotatable bonds is 4. The Hall–Kier alpha value is -2.08. The van der Waals surface area contributed by atoms with Crippen LogP contribution < -0.4 is 9.47 Å². The third-order valence-corrected chi connectivity index (χ3v) is 2.68. The molecule has 0 saturated carbocycles. The zero-order chi connectivity index (χ0) is 12.3. The lowest BCUT2D eigenvalue weighted by atomic mass is 10.2. The minimum Gasteiger partial charge on any atom is -0.493 e. The number of hydrogen-bond donors (Lipinski definition) is 1. The highest BCUT2D eigenvalue weighted by Gasteiger charge is 2.17. The Morgan fingerprint density at radius 1 is 1.47 bits per heavy atom. The Kier molecular flexibility index (Phi) is 3.24. The second kappa shape index (κ2) is 4.84. The molecule has 1 heterocycles. The number of carboxylic acids is 1. The molecule has 6 heteroatoms. The molecule has 0 aliphatic heterocycles. The summed E-state index contributed by atoms with van der Waals surface area (Å²) in [5.41, 5.74) is 0.0413. The van der Waals surface area contributed by atoms with Gasteiger partial charge in [0.1, 0.15) is 5.56 Å². The second-order valence-corrected chi connectivity index (χ2v) is 3.90. The van der Waals surface area contributed by atoms with E-state index in [1.807, 2.05) is 0 Å². The van der Waals surface area contributed by atoms with E-state index in [2.05, 4.69) is 4.98 Å². The normalized spacial score (nSPS) is 9.94. The predicted molar refractivity (Wildman–Crippen MR) is 62.1 cm³/mol. The summed E-state index contributed by atoms with van der Waals surface area (Å²) in [6.07, 6.45) is 1.58. The fraction of sp³-hybridized carbons (Fsp3) is 0.0909. The van der Waals surface area contributed by atoms with Gasteiger partial charge in [-0.3, -0.25) is 0 Å². The molecule has 2 rings (SSSR count).